The molecule has 0 aromatic heterocycles. The summed E-state index contributed by atoms with van der Waals surface area (Å²) in [4.78, 5) is 16.6. The van der Waals surface area contributed by atoms with Crippen molar-refractivity contribution in [2.24, 2.45) is 0 Å². The first-order chi connectivity index (χ1) is 12.4. The van der Waals surface area contributed by atoms with Crippen LogP contribution in [-0.2, 0) is 4.79 Å². The molecule has 1 N–H and O–H groups in total. The molecule has 0 saturated carbocycles. The van der Waals surface area contributed by atoms with Crippen LogP contribution in [0.15, 0.2) is 36.4 Å². The van der Waals surface area contributed by atoms with Crippen LogP contribution in [0.1, 0.15) is 16.7 Å². The summed E-state index contributed by atoms with van der Waals surface area (Å²) < 4.78 is 13.0. The smallest absolute Gasteiger partial charge is 0.241 e. The second-order valence-corrected chi connectivity index (χ2v) is 6.97. The van der Waals surface area contributed by atoms with Crippen LogP contribution in [0.3, 0.4) is 0 Å². The van der Waals surface area contributed by atoms with Gasteiger partial charge in [0.15, 0.2) is 0 Å². The zero-order valence-electron chi connectivity index (χ0n) is 15.7. The minimum absolute atomic E-state index is 0.114. The summed E-state index contributed by atoms with van der Waals surface area (Å²) in [6.45, 7) is 9.41. The molecule has 3 rings (SSSR count). The molecule has 2 aromatic rings. The molecule has 1 fully saturated rings. The summed E-state index contributed by atoms with van der Waals surface area (Å²) in [7, 11) is 0. The zero-order chi connectivity index (χ0) is 18.7. The van der Waals surface area contributed by atoms with Gasteiger partial charge in [0, 0.05) is 37.6 Å². The topological polar surface area (TPSA) is 35.6 Å². The fourth-order valence-electron chi connectivity index (χ4n) is 3.60. The lowest BCUT2D eigenvalue weighted by atomic mass is 10.1. The van der Waals surface area contributed by atoms with E-state index in [4.69, 9.17) is 0 Å². The number of anilines is 2. The third-order valence-corrected chi connectivity index (χ3v) is 4.92. The highest BCUT2D eigenvalue weighted by atomic mass is 19.1. The number of hydrogen-bond acceptors (Lipinski definition) is 3. The number of halogens is 1. The predicted octanol–water partition coefficient (Wildman–Crippen LogP) is 3.51. The van der Waals surface area contributed by atoms with E-state index >= 15 is 0 Å². The molecule has 0 unspecified atom stereocenters. The van der Waals surface area contributed by atoms with Crippen molar-refractivity contribution in [1.29, 1.82) is 0 Å². The normalized spacial score (nSPS) is 14.5. The van der Waals surface area contributed by atoms with Crippen molar-refractivity contribution in [3.8, 4) is 0 Å². The lowest BCUT2D eigenvalue weighted by Gasteiger charge is -2.36. The maximum absolute atomic E-state index is 13.0. The van der Waals surface area contributed by atoms with Crippen molar-refractivity contribution in [2.75, 3.05) is 42.9 Å². The van der Waals surface area contributed by atoms with Crippen molar-refractivity contribution in [3.63, 3.8) is 0 Å². The molecule has 1 aliphatic rings. The molecule has 26 heavy (non-hydrogen) atoms. The van der Waals surface area contributed by atoms with E-state index in [1.54, 1.807) is 12.1 Å². The Morgan fingerprint density at radius 1 is 1.00 bits per heavy atom. The van der Waals surface area contributed by atoms with E-state index in [-0.39, 0.29) is 11.7 Å². The van der Waals surface area contributed by atoms with Gasteiger partial charge in [-0.05, 0) is 56.2 Å². The zero-order valence-corrected chi connectivity index (χ0v) is 15.7. The van der Waals surface area contributed by atoms with Gasteiger partial charge in [-0.3, -0.25) is 4.79 Å². The van der Waals surface area contributed by atoms with Gasteiger partial charge in [-0.1, -0.05) is 17.7 Å². The van der Waals surface area contributed by atoms with Gasteiger partial charge in [-0.2, -0.15) is 0 Å². The van der Waals surface area contributed by atoms with Crippen LogP contribution in [0.25, 0.3) is 0 Å². The van der Waals surface area contributed by atoms with E-state index in [0.29, 0.717) is 19.6 Å². The Morgan fingerprint density at radius 2 is 1.58 bits per heavy atom. The average molecular weight is 355 g/mol. The number of benzene rings is 2. The molecule has 138 valence electrons. The van der Waals surface area contributed by atoms with Gasteiger partial charge in [0.2, 0.25) is 5.91 Å². The van der Waals surface area contributed by atoms with Crippen molar-refractivity contribution in [2.45, 2.75) is 20.8 Å². The summed E-state index contributed by atoms with van der Waals surface area (Å²) in [5.41, 5.74) is 5.61. The van der Waals surface area contributed by atoms with Gasteiger partial charge in [0.1, 0.15) is 5.82 Å². The van der Waals surface area contributed by atoms with E-state index in [0.717, 1.165) is 35.6 Å². The summed E-state index contributed by atoms with van der Waals surface area (Å²) in [5, 5.41) is 3.31. The summed E-state index contributed by atoms with van der Waals surface area (Å²) >= 11 is 0. The molecular weight excluding hydrogens is 329 g/mol. The highest BCUT2D eigenvalue weighted by Gasteiger charge is 2.21. The number of nitrogens with zero attached hydrogens (tertiary/aromatic N) is 2. The maximum Gasteiger partial charge on any atom is 0.241 e. The van der Waals surface area contributed by atoms with Gasteiger partial charge in [-0.25, -0.2) is 4.39 Å². The Kier molecular flexibility index (Phi) is 5.45. The standard InChI is InChI=1S/C21H26FN3O/c1-15-12-16(2)21(17(3)13-15)23-14-20(26)25-10-8-24(9-11-25)19-6-4-18(22)5-7-19/h4-7,12-13,23H,8-11,14H2,1-3H3. The first-order valence-electron chi connectivity index (χ1n) is 9.04. The molecule has 1 saturated heterocycles. The number of carbonyl (C=O) groups is 1. The Hall–Kier alpha value is -2.56. The monoisotopic (exact) mass is 355 g/mol. The molecule has 4 nitrogen and oxygen atoms in total. The van der Waals surface area contributed by atoms with Gasteiger partial charge >= 0.3 is 0 Å². The molecule has 2 aromatic carbocycles. The number of piperazine rings is 1. The van der Waals surface area contributed by atoms with Crippen LogP contribution in [0, 0.1) is 26.6 Å². The van der Waals surface area contributed by atoms with Gasteiger partial charge in [0.05, 0.1) is 6.54 Å². The second kappa shape index (κ2) is 7.77. The Bertz CT molecular complexity index is 757. The van der Waals surface area contributed by atoms with Gasteiger partial charge in [-0.15, -0.1) is 0 Å². The third kappa shape index (κ3) is 4.15. The second-order valence-electron chi connectivity index (χ2n) is 6.97. The fraction of sp³-hybridized carbons (Fsp3) is 0.381. The van der Waals surface area contributed by atoms with Crippen molar-refractivity contribution in [1.82, 2.24) is 4.90 Å². The fourth-order valence-corrected chi connectivity index (χ4v) is 3.60. The molecule has 1 aliphatic heterocycles. The highest BCUT2D eigenvalue weighted by molar-refractivity contribution is 5.81. The van der Waals surface area contributed by atoms with Crippen LogP contribution in [0.4, 0.5) is 15.8 Å². The molecule has 0 bridgehead atoms. The van der Waals surface area contributed by atoms with E-state index < -0.39 is 0 Å². The molecule has 1 amide bonds. The summed E-state index contributed by atoms with van der Waals surface area (Å²) in [5.74, 6) is -0.113. The average Bonchev–Trinajstić information content (AvgIpc) is 2.61. The largest absolute Gasteiger partial charge is 0.376 e. The maximum atomic E-state index is 13.0. The van der Waals surface area contributed by atoms with Crippen molar-refractivity contribution in [3.05, 3.63) is 58.9 Å². The number of rotatable bonds is 4. The van der Waals surface area contributed by atoms with Gasteiger partial charge < -0.3 is 15.1 Å². The number of amides is 1. The van der Waals surface area contributed by atoms with Crippen molar-refractivity contribution >= 4 is 17.3 Å². The van der Waals surface area contributed by atoms with E-state index in [2.05, 4.69) is 43.1 Å². The van der Waals surface area contributed by atoms with E-state index in [9.17, 15) is 9.18 Å². The van der Waals surface area contributed by atoms with Crippen molar-refractivity contribution < 1.29 is 9.18 Å². The Labute approximate surface area is 154 Å². The van der Waals surface area contributed by atoms with Crippen LogP contribution >= 0.6 is 0 Å². The lowest BCUT2D eigenvalue weighted by Crippen LogP contribution is -2.50. The Morgan fingerprint density at radius 3 is 2.15 bits per heavy atom. The van der Waals surface area contributed by atoms with Crippen LogP contribution in [-0.4, -0.2) is 43.5 Å². The number of aryl methyl sites for hydroxylation is 3. The van der Waals surface area contributed by atoms with Crippen LogP contribution in [0.5, 0.6) is 0 Å². The van der Waals surface area contributed by atoms with Crippen LogP contribution < -0.4 is 10.2 Å². The number of hydrogen-bond donors (Lipinski definition) is 1. The first kappa shape index (κ1) is 18.2. The molecule has 0 radical (unpaired) electrons. The molecule has 0 atom stereocenters. The Balaban J connectivity index is 1.53. The highest BCUT2D eigenvalue weighted by Crippen LogP contribution is 2.22. The SMILES string of the molecule is Cc1cc(C)c(NCC(=O)N2CCN(c3ccc(F)cc3)CC2)c(C)c1. The molecule has 0 spiro atoms. The number of nitrogens with one attached hydrogen (secondary N) is 1. The lowest BCUT2D eigenvalue weighted by molar-refractivity contribution is -0.129. The summed E-state index contributed by atoms with van der Waals surface area (Å²) in [6, 6.07) is 10.8. The molecule has 1 heterocycles. The van der Waals surface area contributed by atoms with E-state index in [1.165, 1.54) is 17.7 Å². The third-order valence-electron chi connectivity index (χ3n) is 4.92. The van der Waals surface area contributed by atoms with Crippen LogP contribution in [0.2, 0.25) is 0 Å². The first-order valence-corrected chi connectivity index (χ1v) is 9.04. The number of carbonyl (C=O) groups excluding carboxylic acids is 1. The molecule has 0 aliphatic carbocycles. The quantitative estimate of drug-likeness (QED) is 0.912. The minimum atomic E-state index is -0.227. The van der Waals surface area contributed by atoms with Gasteiger partial charge in [0.25, 0.3) is 0 Å². The predicted molar refractivity (Wildman–Crippen MR) is 104 cm³/mol. The molecule has 5 heteroatoms. The minimum Gasteiger partial charge on any atom is -0.376 e. The summed E-state index contributed by atoms with van der Waals surface area (Å²) in [6.07, 6.45) is 0. The van der Waals surface area contributed by atoms with E-state index in [1.807, 2.05) is 4.90 Å². The molecular formula is C21H26FN3O.